The number of benzene rings is 2. The number of nitrogens with zero attached hydrogens (tertiary/aromatic N) is 1. The Morgan fingerprint density at radius 3 is 2.31 bits per heavy atom. The van der Waals surface area contributed by atoms with Gasteiger partial charge in [0.2, 0.25) is 0 Å². The minimum absolute atomic E-state index is 0.0310. The van der Waals surface area contributed by atoms with E-state index in [1.165, 1.54) is 23.8 Å². The molecule has 26 heavy (non-hydrogen) atoms. The summed E-state index contributed by atoms with van der Waals surface area (Å²) in [5.41, 5.74) is 7.77. The Morgan fingerprint density at radius 2 is 1.77 bits per heavy atom. The van der Waals surface area contributed by atoms with Crippen LogP contribution in [-0.2, 0) is 0 Å². The van der Waals surface area contributed by atoms with Gasteiger partial charge in [-0.25, -0.2) is 0 Å². The summed E-state index contributed by atoms with van der Waals surface area (Å²) in [5.74, 6) is 0.000807. The van der Waals surface area contributed by atoms with Crippen molar-refractivity contribution in [1.82, 2.24) is 10.9 Å². The van der Waals surface area contributed by atoms with Crippen LogP contribution in [-0.4, -0.2) is 15.9 Å². The lowest BCUT2D eigenvalue weighted by Gasteiger charge is -2.13. The first-order valence-electron chi connectivity index (χ1n) is 8.00. The van der Waals surface area contributed by atoms with Crippen molar-refractivity contribution in [3.05, 3.63) is 69.3 Å². The molecule has 8 heteroatoms. The first-order chi connectivity index (χ1) is 12.3. The maximum Gasteiger partial charge on any atom is 0.272 e. The van der Waals surface area contributed by atoms with Gasteiger partial charge in [0.15, 0.2) is 5.11 Å². The molecule has 0 aliphatic carbocycles. The maximum atomic E-state index is 12.1. The molecule has 2 aromatic rings. The first-order valence-corrected chi connectivity index (χ1v) is 8.41. The SMILES string of the molecule is Cc1cc(C(=O)NNC(=S)Nc2ccc(C(C)C)cc2)ccc1[N+](=O)[O-]. The molecule has 0 aliphatic rings. The second-order valence-electron chi connectivity index (χ2n) is 6.07. The molecule has 2 rings (SSSR count). The van der Waals surface area contributed by atoms with E-state index in [4.69, 9.17) is 12.2 Å². The van der Waals surface area contributed by atoms with Crippen LogP contribution in [0.4, 0.5) is 11.4 Å². The number of nitro groups is 1. The summed E-state index contributed by atoms with van der Waals surface area (Å²) in [4.78, 5) is 22.5. The Morgan fingerprint density at radius 1 is 1.12 bits per heavy atom. The maximum absolute atomic E-state index is 12.1. The number of nitro benzene ring substituents is 1. The van der Waals surface area contributed by atoms with E-state index in [1.807, 2.05) is 24.3 Å². The molecule has 0 spiro atoms. The predicted octanol–water partition coefficient (Wildman–Crippen LogP) is 3.66. The standard InChI is InChI=1S/C18H20N4O3S/c1-11(2)13-4-7-15(8-5-13)19-18(26)21-20-17(23)14-6-9-16(22(24)25)12(3)10-14/h4-11H,1-3H3,(H,20,23)(H2,19,21,26). The molecule has 1 amide bonds. The molecule has 3 N–H and O–H groups in total. The van der Waals surface area contributed by atoms with Crippen molar-refractivity contribution in [3.8, 4) is 0 Å². The van der Waals surface area contributed by atoms with Crippen LogP contribution in [0.2, 0.25) is 0 Å². The second kappa shape index (κ2) is 8.39. The van der Waals surface area contributed by atoms with E-state index in [1.54, 1.807) is 6.92 Å². The summed E-state index contributed by atoms with van der Waals surface area (Å²) in [6.45, 7) is 5.81. The summed E-state index contributed by atoms with van der Waals surface area (Å²) in [6, 6.07) is 12.0. The zero-order valence-corrected chi connectivity index (χ0v) is 15.5. The lowest BCUT2D eigenvalue weighted by Crippen LogP contribution is -2.43. The van der Waals surface area contributed by atoms with Gasteiger partial charge >= 0.3 is 0 Å². The molecule has 0 saturated heterocycles. The Bertz CT molecular complexity index is 835. The largest absolute Gasteiger partial charge is 0.331 e. The van der Waals surface area contributed by atoms with E-state index in [0.717, 1.165) is 5.69 Å². The third-order valence-electron chi connectivity index (χ3n) is 3.78. The third-order valence-corrected chi connectivity index (χ3v) is 3.98. The smallest absolute Gasteiger partial charge is 0.272 e. The van der Waals surface area contributed by atoms with Gasteiger partial charge in [0.05, 0.1) is 4.92 Å². The molecule has 2 aromatic carbocycles. The van der Waals surface area contributed by atoms with E-state index in [2.05, 4.69) is 30.0 Å². The number of thiocarbonyl (C=S) groups is 1. The Kier molecular flexibility index (Phi) is 6.24. The van der Waals surface area contributed by atoms with E-state index >= 15 is 0 Å². The summed E-state index contributed by atoms with van der Waals surface area (Å²) < 4.78 is 0. The number of amides is 1. The number of rotatable bonds is 4. The molecule has 0 bridgehead atoms. The van der Waals surface area contributed by atoms with Gasteiger partial charge in [-0.3, -0.25) is 25.8 Å². The fraction of sp³-hybridized carbons (Fsp3) is 0.222. The molecule has 0 heterocycles. The van der Waals surface area contributed by atoms with Crippen LogP contribution in [0.3, 0.4) is 0 Å². The molecule has 0 saturated carbocycles. The van der Waals surface area contributed by atoms with Gasteiger partial charge in [-0.15, -0.1) is 0 Å². The van der Waals surface area contributed by atoms with Crippen molar-refractivity contribution in [1.29, 1.82) is 0 Å². The highest BCUT2D eigenvalue weighted by atomic mass is 32.1. The number of hydrazine groups is 1. The van der Waals surface area contributed by atoms with Crippen LogP contribution >= 0.6 is 12.2 Å². The van der Waals surface area contributed by atoms with Crippen molar-refractivity contribution in [2.75, 3.05) is 5.32 Å². The average molecular weight is 372 g/mol. The molecule has 7 nitrogen and oxygen atoms in total. The van der Waals surface area contributed by atoms with Crippen molar-refractivity contribution < 1.29 is 9.72 Å². The lowest BCUT2D eigenvalue weighted by atomic mass is 10.0. The first kappa shape index (κ1) is 19.3. The van der Waals surface area contributed by atoms with Crippen LogP contribution in [0.15, 0.2) is 42.5 Å². The van der Waals surface area contributed by atoms with Crippen molar-refractivity contribution >= 4 is 34.6 Å². The second-order valence-corrected chi connectivity index (χ2v) is 6.48. The Balaban J connectivity index is 1.91. The zero-order chi connectivity index (χ0) is 19.3. The quantitative estimate of drug-likeness (QED) is 0.431. The lowest BCUT2D eigenvalue weighted by molar-refractivity contribution is -0.385. The summed E-state index contributed by atoms with van der Waals surface area (Å²) in [5, 5.41) is 14.0. The zero-order valence-electron chi connectivity index (χ0n) is 14.7. The summed E-state index contributed by atoms with van der Waals surface area (Å²) in [7, 11) is 0. The van der Waals surface area contributed by atoms with Gasteiger partial charge in [-0.05, 0) is 54.9 Å². The molecule has 0 radical (unpaired) electrons. The number of anilines is 1. The van der Waals surface area contributed by atoms with Crippen LogP contribution in [0.25, 0.3) is 0 Å². The number of aryl methyl sites for hydroxylation is 1. The molecule has 0 unspecified atom stereocenters. The molecule has 0 atom stereocenters. The predicted molar refractivity (Wildman–Crippen MR) is 105 cm³/mol. The van der Waals surface area contributed by atoms with Crippen LogP contribution in [0.5, 0.6) is 0 Å². The minimum Gasteiger partial charge on any atom is -0.331 e. The van der Waals surface area contributed by atoms with Crippen LogP contribution in [0.1, 0.15) is 41.3 Å². The van der Waals surface area contributed by atoms with Gasteiger partial charge in [0, 0.05) is 22.9 Å². The third kappa shape index (κ3) is 5.00. The Hall–Kier alpha value is -3.00. The monoisotopic (exact) mass is 372 g/mol. The van der Waals surface area contributed by atoms with Gasteiger partial charge in [-0.2, -0.15) is 0 Å². The molecular weight excluding hydrogens is 352 g/mol. The normalized spacial score (nSPS) is 10.3. The van der Waals surface area contributed by atoms with Crippen molar-refractivity contribution in [2.24, 2.45) is 0 Å². The average Bonchev–Trinajstić information content (AvgIpc) is 2.59. The molecular formula is C18H20N4O3S. The number of nitrogens with one attached hydrogen (secondary N) is 3. The number of hydrogen-bond donors (Lipinski definition) is 3. The number of carbonyl (C=O) groups excluding carboxylic acids is 1. The minimum atomic E-state index is -0.487. The van der Waals surface area contributed by atoms with Gasteiger partial charge in [0.25, 0.3) is 11.6 Å². The highest BCUT2D eigenvalue weighted by molar-refractivity contribution is 7.80. The van der Waals surface area contributed by atoms with E-state index in [0.29, 0.717) is 17.0 Å². The van der Waals surface area contributed by atoms with Gasteiger partial charge < -0.3 is 5.32 Å². The van der Waals surface area contributed by atoms with Crippen LogP contribution < -0.4 is 16.2 Å². The fourth-order valence-corrected chi connectivity index (χ4v) is 2.47. The van der Waals surface area contributed by atoms with Crippen molar-refractivity contribution in [3.63, 3.8) is 0 Å². The molecule has 0 fully saturated rings. The van der Waals surface area contributed by atoms with Crippen molar-refractivity contribution in [2.45, 2.75) is 26.7 Å². The summed E-state index contributed by atoms with van der Waals surface area (Å²) in [6.07, 6.45) is 0. The van der Waals surface area contributed by atoms with E-state index in [-0.39, 0.29) is 10.8 Å². The fourth-order valence-electron chi connectivity index (χ4n) is 2.30. The van der Waals surface area contributed by atoms with Gasteiger partial charge in [0.1, 0.15) is 0 Å². The highest BCUT2D eigenvalue weighted by Crippen LogP contribution is 2.19. The summed E-state index contributed by atoms with van der Waals surface area (Å²) >= 11 is 5.14. The molecule has 0 aliphatic heterocycles. The number of carbonyl (C=O) groups is 1. The Labute approximate surface area is 156 Å². The highest BCUT2D eigenvalue weighted by Gasteiger charge is 2.13. The van der Waals surface area contributed by atoms with E-state index < -0.39 is 10.8 Å². The van der Waals surface area contributed by atoms with E-state index in [9.17, 15) is 14.9 Å². The van der Waals surface area contributed by atoms with Gasteiger partial charge in [-0.1, -0.05) is 26.0 Å². The molecule has 0 aromatic heterocycles. The topological polar surface area (TPSA) is 96.3 Å². The number of hydrogen-bond acceptors (Lipinski definition) is 4. The van der Waals surface area contributed by atoms with Crippen LogP contribution in [0, 0.1) is 17.0 Å². The molecule has 136 valence electrons.